The van der Waals surface area contributed by atoms with E-state index in [-0.39, 0.29) is 0 Å². The van der Waals surface area contributed by atoms with Crippen molar-refractivity contribution in [3.63, 3.8) is 0 Å². The van der Waals surface area contributed by atoms with Crippen LogP contribution in [-0.4, -0.2) is 81.1 Å². The van der Waals surface area contributed by atoms with E-state index in [2.05, 4.69) is 509 Å². The summed E-state index contributed by atoms with van der Waals surface area (Å²) >= 11 is 0. The Morgan fingerprint density at radius 1 is 0.198 bits per heavy atom. The molecule has 0 radical (unpaired) electrons. The van der Waals surface area contributed by atoms with E-state index in [4.69, 9.17) is 4.74 Å². The van der Waals surface area contributed by atoms with Gasteiger partial charge >= 0.3 is 0 Å². The molecule has 0 bridgehead atoms. The van der Waals surface area contributed by atoms with Crippen molar-refractivity contribution in [2.24, 2.45) is 0 Å². The first kappa shape index (κ1) is 94.8. The maximum absolute atomic E-state index is 4.80. The van der Waals surface area contributed by atoms with E-state index in [0.29, 0.717) is 0 Å². The molecule has 0 amide bonds. The van der Waals surface area contributed by atoms with Gasteiger partial charge in [0, 0.05) is 68.0 Å². The summed E-state index contributed by atoms with van der Waals surface area (Å²) < 4.78 is 9.41. The Kier molecular flexibility index (Phi) is 42.6. The van der Waals surface area contributed by atoms with E-state index in [0.717, 1.165) is 19.4 Å². The standard InChI is InChI=1S/4C24H20P.C5H15NSi.C4H12OSi.C3H10Si.C2H8OSi/c4*1-5-13-21(14-6-1)25(22-15-7-2-8-16-22,23-17-9-3-10-18-23)24-19-11-4-12-20-24;1-2-6-4-3-5-7;1-5-3-2-4-6;1-2-3-4;1-3-2-4/h4*1-20H;6H,2-5H2,1,7H3;2-4H2,1,6H3;2-3H2,1,4H3;2H2,1,4H3/q4*+1;;;;. The number of methoxy groups -OCH3 is 2. The van der Waals surface area contributed by atoms with Gasteiger partial charge in [0.25, 0.3) is 0 Å². The lowest BCUT2D eigenvalue weighted by molar-refractivity contribution is 0.199. The number of hydrogen-bond donors (Lipinski definition) is 1. The molecule has 614 valence electrons. The highest BCUT2D eigenvalue weighted by atomic mass is 31.2. The summed E-state index contributed by atoms with van der Waals surface area (Å²) in [4.78, 5) is 0. The topological polar surface area (TPSA) is 30.5 Å². The highest BCUT2D eigenvalue weighted by molar-refractivity contribution is 8.03. The van der Waals surface area contributed by atoms with Crippen LogP contribution in [-0.2, 0) is 9.47 Å². The van der Waals surface area contributed by atoms with Crippen molar-refractivity contribution in [3.05, 3.63) is 485 Å². The van der Waals surface area contributed by atoms with Crippen molar-refractivity contribution < 1.29 is 9.47 Å². The molecule has 0 heterocycles. The lowest BCUT2D eigenvalue weighted by Crippen LogP contribution is -2.38. The van der Waals surface area contributed by atoms with Gasteiger partial charge in [-0.05, 0) is 220 Å². The average Bonchev–Trinajstić information content (AvgIpc) is 0.758. The molecule has 3 nitrogen and oxygen atoms in total. The average molecular weight is 1730 g/mol. The molecule has 0 saturated carbocycles. The maximum atomic E-state index is 4.80. The molecular formula is C110H125NO2P4Si4+4. The first-order valence-corrected chi connectivity index (χ1v) is 55.8. The monoisotopic (exact) mass is 1730 g/mol. The van der Waals surface area contributed by atoms with E-state index >= 15 is 0 Å². The summed E-state index contributed by atoms with van der Waals surface area (Å²) in [5, 5.41) is 25.5. The predicted octanol–water partition coefficient (Wildman–Crippen LogP) is 15.9. The minimum atomic E-state index is -1.91. The van der Waals surface area contributed by atoms with Crippen molar-refractivity contribution in [2.45, 2.75) is 51.2 Å². The highest BCUT2D eigenvalue weighted by Gasteiger charge is 2.51. The Bertz CT molecular complexity index is 3950. The van der Waals surface area contributed by atoms with Crippen molar-refractivity contribution in [3.8, 4) is 0 Å². The first-order chi connectivity index (χ1) is 59.8. The molecule has 0 aromatic heterocycles. The molecule has 121 heavy (non-hydrogen) atoms. The quantitative estimate of drug-likeness (QED) is 0.0351. The van der Waals surface area contributed by atoms with Gasteiger partial charge in [-0.15, -0.1) is 0 Å². The summed E-state index contributed by atoms with van der Waals surface area (Å²) in [5.74, 6) is 0. The Morgan fingerprint density at radius 2 is 0.322 bits per heavy atom. The summed E-state index contributed by atoms with van der Waals surface area (Å²) in [7, 11) is 1.09. The fourth-order valence-corrected chi connectivity index (χ4v) is 32.5. The normalized spacial score (nSPS) is 10.8. The van der Waals surface area contributed by atoms with Crippen molar-refractivity contribution in [2.75, 3.05) is 40.1 Å². The van der Waals surface area contributed by atoms with Crippen LogP contribution in [0.15, 0.2) is 485 Å². The third-order valence-electron chi connectivity index (χ3n) is 20.7. The van der Waals surface area contributed by atoms with Gasteiger partial charge in [-0.1, -0.05) is 330 Å². The van der Waals surface area contributed by atoms with E-state index < -0.39 is 29.0 Å². The largest absolute Gasteiger partial charge is 0.389 e. The van der Waals surface area contributed by atoms with Gasteiger partial charge in [-0.25, -0.2) is 0 Å². The molecule has 16 rings (SSSR count). The minimum Gasteiger partial charge on any atom is -0.389 e. The molecule has 1 N–H and O–H groups in total. The molecule has 16 aromatic rings. The van der Waals surface area contributed by atoms with Gasteiger partial charge in [-0.2, -0.15) is 0 Å². The van der Waals surface area contributed by atoms with E-state index in [1.807, 2.05) is 0 Å². The second kappa shape index (κ2) is 54.4. The van der Waals surface area contributed by atoms with Crippen LogP contribution in [0.5, 0.6) is 0 Å². The maximum Gasteiger partial charge on any atom is 0.144 e. The molecule has 0 fully saturated rings. The Balaban J connectivity index is 0.000000170. The zero-order valence-corrected chi connectivity index (χ0v) is 83.9. The first-order valence-electron chi connectivity index (χ1n) is 43.0. The van der Waals surface area contributed by atoms with Gasteiger partial charge in [0.2, 0.25) is 0 Å². The van der Waals surface area contributed by atoms with Gasteiger partial charge in [0.15, 0.2) is 0 Å². The number of hydrogen-bond acceptors (Lipinski definition) is 3. The number of nitrogens with one attached hydrogen (secondary N) is 1. The van der Waals surface area contributed by atoms with Crippen LogP contribution < -0.4 is 90.2 Å². The van der Waals surface area contributed by atoms with E-state index in [9.17, 15) is 0 Å². The molecule has 0 aliphatic heterocycles. The number of rotatable bonds is 25. The van der Waals surface area contributed by atoms with Crippen LogP contribution >= 0.6 is 29.0 Å². The van der Waals surface area contributed by atoms with Crippen LogP contribution in [0.2, 0.25) is 18.1 Å². The molecule has 0 unspecified atom stereocenters. The van der Waals surface area contributed by atoms with E-state index in [1.165, 1.54) is 170 Å². The van der Waals surface area contributed by atoms with E-state index in [1.54, 1.807) is 14.2 Å². The molecular weight excluding hydrogens is 1600 g/mol. The van der Waals surface area contributed by atoms with Gasteiger partial charge in [0.1, 0.15) is 114 Å². The van der Waals surface area contributed by atoms with Crippen LogP contribution in [0, 0.1) is 0 Å². The third-order valence-corrected chi connectivity index (χ3v) is 40.9. The number of benzene rings is 16. The molecule has 0 aliphatic carbocycles. The third kappa shape index (κ3) is 25.8. The number of ether oxygens (including phenoxy) is 2. The summed E-state index contributed by atoms with van der Waals surface area (Å²) in [6.45, 7) is 7.66. The SMILES string of the molecule is CCC[SiH3].CCNCCC[SiH3].COCCC[SiH3].COC[SiH3].c1ccc([P+](c2ccccc2)(c2ccccc2)c2ccccc2)cc1.c1ccc([P+](c2ccccc2)(c2ccccc2)c2ccccc2)cc1.c1ccc([P+](c2ccccc2)(c2ccccc2)c2ccccc2)cc1.c1ccc([P+](c2ccccc2)(c2ccccc2)c2ccccc2)cc1. The fraction of sp³-hybridized carbons (Fsp3) is 0.127. The molecule has 16 aromatic carbocycles. The summed E-state index contributed by atoms with van der Waals surface area (Å²) in [6, 6.07) is 180. The molecule has 11 heteroatoms. The van der Waals surface area contributed by atoms with Crippen LogP contribution in [0.4, 0.5) is 0 Å². The zero-order chi connectivity index (χ0) is 85.0. The Labute approximate surface area is 740 Å². The Morgan fingerprint density at radius 3 is 0.397 bits per heavy atom. The van der Waals surface area contributed by atoms with Gasteiger partial charge < -0.3 is 14.8 Å². The van der Waals surface area contributed by atoms with Crippen LogP contribution in [0.1, 0.15) is 33.1 Å². The minimum absolute atomic E-state index is 0.948. The molecule has 0 aliphatic rings. The van der Waals surface area contributed by atoms with Crippen LogP contribution in [0.3, 0.4) is 0 Å². The lowest BCUT2D eigenvalue weighted by Gasteiger charge is -2.27. The Hall–Kier alpha value is -10.0. The molecule has 0 atom stereocenters. The molecule has 0 saturated heterocycles. The zero-order valence-electron chi connectivity index (χ0n) is 72.4. The lowest BCUT2D eigenvalue weighted by atomic mass is 10.3. The predicted molar refractivity (Wildman–Crippen MR) is 561 cm³/mol. The summed E-state index contributed by atoms with van der Waals surface area (Å²) in [6.07, 6.45) is 4.97. The van der Waals surface area contributed by atoms with Crippen molar-refractivity contribution in [1.29, 1.82) is 0 Å². The second-order valence-corrected chi connectivity index (χ2v) is 45.9. The van der Waals surface area contributed by atoms with Crippen LogP contribution in [0.25, 0.3) is 0 Å². The summed E-state index contributed by atoms with van der Waals surface area (Å²) in [5.41, 5.74) is 0. The van der Waals surface area contributed by atoms with Crippen molar-refractivity contribution in [1.82, 2.24) is 5.32 Å². The smallest absolute Gasteiger partial charge is 0.144 e. The van der Waals surface area contributed by atoms with Gasteiger partial charge in [-0.3, -0.25) is 0 Å². The van der Waals surface area contributed by atoms with Gasteiger partial charge in [0.05, 0.1) is 0 Å². The highest BCUT2D eigenvalue weighted by Crippen LogP contribution is 2.57. The van der Waals surface area contributed by atoms with Crippen molar-refractivity contribution >= 4 is 155 Å². The second-order valence-electron chi connectivity index (χ2n) is 28.7. The fourth-order valence-electron chi connectivity index (χ4n) is 14.8. The molecule has 0 spiro atoms.